The van der Waals surface area contributed by atoms with Gasteiger partial charge in [0.05, 0.1) is 12.2 Å². The van der Waals surface area contributed by atoms with E-state index >= 15 is 0 Å². The molecule has 0 unspecified atom stereocenters. The highest BCUT2D eigenvalue weighted by atomic mass is 32.2. The largest absolute Gasteiger partial charge is 0.478 e. The molecule has 21 heavy (non-hydrogen) atoms. The Morgan fingerprint density at radius 1 is 1.38 bits per heavy atom. The van der Waals surface area contributed by atoms with Gasteiger partial charge < -0.3 is 10.2 Å². The molecule has 1 aliphatic rings. The molecule has 1 aliphatic carbocycles. The van der Waals surface area contributed by atoms with E-state index in [0.29, 0.717) is 18.9 Å². The first kappa shape index (κ1) is 15.9. The molecule has 0 aromatic heterocycles. The fraction of sp³-hybridized carbons (Fsp3) is 0.462. The van der Waals surface area contributed by atoms with Gasteiger partial charge in [-0.15, -0.1) is 0 Å². The standard InChI is InChI=1S/C13H16FNO5S/c14-11-8-9(13(17)18)4-5-12(11)21(19,20)15(6-7-16)10-2-1-3-10/h4-5,8,10,16H,1-3,6-7H2,(H,17,18). The topological polar surface area (TPSA) is 94.9 Å². The van der Waals surface area contributed by atoms with Crippen LogP contribution in [0.3, 0.4) is 0 Å². The van der Waals surface area contributed by atoms with Gasteiger partial charge in [0.15, 0.2) is 0 Å². The number of carbonyl (C=O) groups is 1. The second kappa shape index (κ2) is 6.08. The molecule has 0 spiro atoms. The summed E-state index contributed by atoms with van der Waals surface area (Å²) in [7, 11) is -4.09. The van der Waals surface area contributed by atoms with Crippen LogP contribution in [0.25, 0.3) is 0 Å². The molecule has 0 atom stereocenters. The van der Waals surface area contributed by atoms with E-state index in [1.54, 1.807) is 0 Å². The minimum absolute atomic E-state index is 0.104. The Balaban J connectivity index is 2.39. The summed E-state index contributed by atoms with van der Waals surface area (Å²) in [6.07, 6.45) is 2.24. The maximum absolute atomic E-state index is 14.0. The lowest BCUT2D eigenvalue weighted by molar-refractivity contribution is 0.0696. The normalized spacial score (nSPS) is 16.0. The number of carboxylic acid groups (broad SMARTS) is 1. The number of hydrogen-bond donors (Lipinski definition) is 2. The van der Waals surface area contributed by atoms with Crippen molar-refractivity contribution in [3.8, 4) is 0 Å². The zero-order valence-corrected chi connectivity index (χ0v) is 12.0. The van der Waals surface area contributed by atoms with E-state index in [2.05, 4.69) is 0 Å². The maximum atomic E-state index is 14.0. The predicted molar refractivity (Wildman–Crippen MR) is 72.0 cm³/mol. The molecule has 0 heterocycles. The molecule has 0 aliphatic heterocycles. The van der Waals surface area contributed by atoms with Crippen molar-refractivity contribution in [3.05, 3.63) is 29.6 Å². The fourth-order valence-corrected chi connectivity index (χ4v) is 3.96. The van der Waals surface area contributed by atoms with Crippen molar-refractivity contribution in [1.82, 2.24) is 4.31 Å². The molecule has 0 radical (unpaired) electrons. The second-order valence-corrected chi connectivity index (χ2v) is 6.73. The van der Waals surface area contributed by atoms with E-state index in [0.717, 1.165) is 22.9 Å². The quantitative estimate of drug-likeness (QED) is 0.818. The van der Waals surface area contributed by atoms with Crippen LogP contribution in [0.1, 0.15) is 29.6 Å². The third-order valence-electron chi connectivity index (χ3n) is 3.57. The van der Waals surface area contributed by atoms with E-state index in [1.807, 2.05) is 0 Å². The Morgan fingerprint density at radius 3 is 2.48 bits per heavy atom. The number of rotatable bonds is 6. The van der Waals surface area contributed by atoms with Crippen LogP contribution in [-0.4, -0.2) is 48.1 Å². The van der Waals surface area contributed by atoms with Gasteiger partial charge >= 0.3 is 5.97 Å². The lowest BCUT2D eigenvalue weighted by Crippen LogP contribution is -2.45. The molecule has 1 saturated carbocycles. The third kappa shape index (κ3) is 3.07. The van der Waals surface area contributed by atoms with Crippen LogP contribution in [0.15, 0.2) is 23.1 Å². The molecule has 6 nitrogen and oxygen atoms in total. The van der Waals surface area contributed by atoms with Crippen LogP contribution in [-0.2, 0) is 10.0 Å². The number of halogens is 1. The highest BCUT2D eigenvalue weighted by Gasteiger charge is 2.36. The monoisotopic (exact) mass is 317 g/mol. The minimum atomic E-state index is -4.09. The van der Waals surface area contributed by atoms with Crippen molar-refractivity contribution in [2.45, 2.75) is 30.2 Å². The molecule has 8 heteroatoms. The number of carboxylic acids is 1. The van der Waals surface area contributed by atoms with Gasteiger partial charge in [-0.2, -0.15) is 4.31 Å². The van der Waals surface area contributed by atoms with E-state index in [-0.39, 0.29) is 24.8 Å². The third-order valence-corrected chi connectivity index (χ3v) is 5.55. The zero-order chi connectivity index (χ0) is 15.6. The van der Waals surface area contributed by atoms with Crippen LogP contribution in [0.2, 0.25) is 0 Å². The number of benzene rings is 1. The summed E-state index contributed by atoms with van der Waals surface area (Å²) >= 11 is 0. The highest BCUT2D eigenvalue weighted by Crippen LogP contribution is 2.30. The predicted octanol–water partition coefficient (Wildman–Crippen LogP) is 1.06. The van der Waals surface area contributed by atoms with Gasteiger partial charge in [-0.05, 0) is 31.0 Å². The average Bonchev–Trinajstić information content (AvgIpc) is 2.35. The van der Waals surface area contributed by atoms with Crippen molar-refractivity contribution in [1.29, 1.82) is 0 Å². The Hall–Kier alpha value is -1.51. The first-order chi connectivity index (χ1) is 9.87. The molecule has 2 N–H and O–H groups in total. The molecule has 0 bridgehead atoms. The van der Waals surface area contributed by atoms with Gasteiger partial charge in [-0.3, -0.25) is 0 Å². The number of aromatic carboxylic acids is 1. The lowest BCUT2D eigenvalue weighted by Gasteiger charge is -2.36. The van der Waals surface area contributed by atoms with Crippen LogP contribution >= 0.6 is 0 Å². The lowest BCUT2D eigenvalue weighted by atomic mass is 9.93. The van der Waals surface area contributed by atoms with Crippen LogP contribution in [0.5, 0.6) is 0 Å². The molecular weight excluding hydrogens is 301 g/mol. The van der Waals surface area contributed by atoms with Gasteiger partial charge in [0, 0.05) is 12.6 Å². The molecule has 116 valence electrons. The average molecular weight is 317 g/mol. The number of hydrogen-bond acceptors (Lipinski definition) is 4. The molecule has 1 aromatic carbocycles. The van der Waals surface area contributed by atoms with Gasteiger partial charge in [0.2, 0.25) is 10.0 Å². The summed E-state index contributed by atoms with van der Waals surface area (Å²) in [6.45, 7) is -0.461. The van der Waals surface area contributed by atoms with Crippen molar-refractivity contribution in [2.75, 3.05) is 13.2 Å². The Kier molecular flexibility index (Phi) is 4.60. The number of nitrogens with zero attached hydrogens (tertiary/aromatic N) is 1. The first-order valence-corrected chi connectivity index (χ1v) is 7.97. The van der Waals surface area contributed by atoms with E-state index in [9.17, 15) is 17.6 Å². The van der Waals surface area contributed by atoms with Crippen LogP contribution in [0.4, 0.5) is 4.39 Å². The Morgan fingerprint density at radius 2 is 2.05 bits per heavy atom. The van der Waals surface area contributed by atoms with E-state index < -0.39 is 26.7 Å². The Labute approximate surface area is 121 Å². The molecular formula is C13H16FNO5S. The SMILES string of the molecule is O=C(O)c1ccc(S(=O)(=O)N(CCO)C2CCC2)c(F)c1. The Bertz CT molecular complexity index is 642. The summed E-state index contributed by atoms with van der Waals surface area (Å²) in [4.78, 5) is 10.2. The number of aliphatic hydroxyl groups is 1. The van der Waals surface area contributed by atoms with Crippen LogP contribution < -0.4 is 0 Å². The van der Waals surface area contributed by atoms with Crippen molar-refractivity contribution >= 4 is 16.0 Å². The number of sulfonamides is 1. The van der Waals surface area contributed by atoms with Crippen molar-refractivity contribution in [2.24, 2.45) is 0 Å². The number of aliphatic hydroxyl groups excluding tert-OH is 1. The van der Waals surface area contributed by atoms with Gasteiger partial charge in [-0.1, -0.05) is 6.42 Å². The van der Waals surface area contributed by atoms with Gasteiger partial charge in [-0.25, -0.2) is 17.6 Å². The van der Waals surface area contributed by atoms with Crippen molar-refractivity contribution < 1.29 is 27.8 Å². The summed E-state index contributed by atoms with van der Waals surface area (Å²) in [6, 6.07) is 2.46. The second-order valence-electron chi connectivity index (χ2n) is 4.87. The summed E-state index contributed by atoms with van der Waals surface area (Å²) < 4.78 is 40.0. The highest BCUT2D eigenvalue weighted by molar-refractivity contribution is 7.89. The van der Waals surface area contributed by atoms with E-state index in [1.165, 1.54) is 0 Å². The maximum Gasteiger partial charge on any atom is 0.335 e. The summed E-state index contributed by atoms with van der Waals surface area (Å²) in [5.41, 5.74) is -0.316. The smallest absolute Gasteiger partial charge is 0.335 e. The summed E-state index contributed by atoms with van der Waals surface area (Å²) in [5, 5.41) is 17.8. The van der Waals surface area contributed by atoms with Crippen LogP contribution in [0, 0.1) is 5.82 Å². The van der Waals surface area contributed by atoms with Gasteiger partial charge in [0.1, 0.15) is 10.7 Å². The first-order valence-electron chi connectivity index (χ1n) is 6.53. The molecule has 2 rings (SSSR count). The van der Waals surface area contributed by atoms with E-state index in [4.69, 9.17) is 10.2 Å². The zero-order valence-electron chi connectivity index (χ0n) is 11.2. The molecule has 0 amide bonds. The minimum Gasteiger partial charge on any atom is -0.478 e. The molecule has 1 fully saturated rings. The van der Waals surface area contributed by atoms with Gasteiger partial charge in [0.25, 0.3) is 0 Å². The molecule has 0 saturated heterocycles. The molecule has 1 aromatic rings. The fourth-order valence-electron chi connectivity index (χ4n) is 2.24. The summed E-state index contributed by atoms with van der Waals surface area (Å²) in [5.74, 6) is -2.43. The van der Waals surface area contributed by atoms with Crippen molar-refractivity contribution in [3.63, 3.8) is 0 Å².